The standard InChI is InChI=1S/C22H37NO4S6/c1-3-4-20(24)26-15-22(7-17-9-28-29-10-17,8-18-11-30-31-12-18)16-27-21(25)5-6-23(2)19-13-32-33-14-19/h17-19H,3-16H2,1-2H3. The van der Waals surface area contributed by atoms with E-state index in [2.05, 4.69) is 11.9 Å². The summed E-state index contributed by atoms with van der Waals surface area (Å²) >= 11 is 0. The van der Waals surface area contributed by atoms with Gasteiger partial charge in [0.05, 0.1) is 6.42 Å². The van der Waals surface area contributed by atoms with Crippen molar-refractivity contribution in [3.8, 4) is 0 Å². The van der Waals surface area contributed by atoms with Crippen LogP contribution in [0.1, 0.15) is 39.0 Å². The van der Waals surface area contributed by atoms with Gasteiger partial charge >= 0.3 is 11.9 Å². The van der Waals surface area contributed by atoms with Crippen molar-refractivity contribution in [3.05, 3.63) is 0 Å². The zero-order chi connectivity index (χ0) is 23.5. The summed E-state index contributed by atoms with van der Waals surface area (Å²) in [6.07, 6.45) is 3.57. The van der Waals surface area contributed by atoms with Crippen LogP contribution in [0.25, 0.3) is 0 Å². The van der Waals surface area contributed by atoms with Crippen LogP contribution in [0, 0.1) is 17.3 Å². The van der Waals surface area contributed by atoms with Crippen LogP contribution >= 0.6 is 64.8 Å². The molecule has 3 rings (SSSR count). The average Bonchev–Trinajstić information content (AvgIpc) is 3.59. The van der Waals surface area contributed by atoms with Gasteiger partial charge in [-0.1, -0.05) is 71.7 Å². The number of hydrogen-bond acceptors (Lipinski definition) is 11. The molecular weight excluding hydrogens is 535 g/mol. The Bertz CT molecular complexity index is 592. The maximum atomic E-state index is 12.7. The minimum absolute atomic E-state index is 0.130. The molecule has 0 radical (unpaired) electrons. The molecule has 3 aliphatic heterocycles. The van der Waals surface area contributed by atoms with Crippen molar-refractivity contribution in [2.75, 3.05) is 61.3 Å². The highest BCUT2D eigenvalue weighted by molar-refractivity contribution is 8.77. The summed E-state index contributed by atoms with van der Waals surface area (Å²) in [6, 6.07) is 0.541. The molecule has 3 heterocycles. The van der Waals surface area contributed by atoms with Gasteiger partial charge in [-0.05, 0) is 38.1 Å². The van der Waals surface area contributed by atoms with Crippen molar-refractivity contribution >= 4 is 76.7 Å². The Morgan fingerprint density at radius 1 is 0.788 bits per heavy atom. The van der Waals surface area contributed by atoms with Crippen LogP contribution in [0.15, 0.2) is 0 Å². The molecule has 11 heteroatoms. The van der Waals surface area contributed by atoms with E-state index in [4.69, 9.17) is 9.47 Å². The molecule has 0 aliphatic carbocycles. The lowest BCUT2D eigenvalue weighted by Crippen LogP contribution is -2.40. The zero-order valence-corrected chi connectivity index (χ0v) is 24.6. The molecule has 0 unspecified atom stereocenters. The fourth-order valence-electron chi connectivity index (χ4n) is 4.32. The lowest BCUT2D eigenvalue weighted by molar-refractivity contribution is -0.156. The smallest absolute Gasteiger partial charge is 0.307 e. The highest BCUT2D eigenvalue weighted by Gasteiger charge is 2.40. The van der Waals surface area contributed by atoms with Gasteiger partial charge in [0.2, 0.25) is 0 Å². The van der Waals surface area contributed by atoms with E-state index in [0.717, 1.165) is 60.3 Å². The molecule has 0 aromatic heterocycles. The van der Waals surface area contributed by atoms with Gasteiger partial charge in [-0.3, -0.25) is 9.59 Å². The quantitative estimate of drug-likeness (QED) is 0.189. The average molecular weight is 572 g/mol. The van der Waals surface area contributed by atoms with Gasteiger partial charge in [-0.2, -0.15) is 0 Å². The monoisotopic (exact) mass is 571 g/mol. The Labute approximate surface area is 223 Å². The number of hydrogen-bond donors (Lipinski definition) is 0. The third kappa shape index (κ3) is 10.1. The molecule has 0 aromatic carbocycles. The maximum Gasteiger partial charge on any atom is 0.307 e. The Hall–Kier alpha value is 1.000. The van der Waals surface area contributed by atoms with Crippen molar-refractivity contribution < 1.29 is 19.1 Å². The minimum Gasteiger partial charge on any atom is -0.465 e. The van der Waals surface area contributed by atoms with Crippen LogP contribution in [0.5, 0.6) is 0 Å². The highest BCUT2D eigenvalue weighted by Crippen LogP contribution is 2.46. The van der Waals surface area contributed by atoms with Gasteiger partial charge in [0, 0.05) is 58.9 Å². The first kappa shape index (κ1) is 28.6. The van der Waals surface area contributed by atoms with Crippen LogP contribution in [0.4, 0.5) is 0 Å². The summed E-state index contributed by atoms with van der Waals surface area (Å²) in [4.78, 5) is 27.3. The summed E-state index contributed by atoms with van der Waals surface area (Å²) in [5.74, 6) is 7.64. The summed E-state index contributed by atoms with van der Waals surface area (Å²) in [6.45, 7) is 3.46. The van der Waals surface area contributed by atoms with Crippen LogP contribution in [-0.4, -0.2) is 84.2 Å². The number of ether oxygens (including phenoxy) is 2. The van der Waals surface area contributed by atoms with Gasteiger partial charge < -0.3 is 14.4 Å². The molecule has 0 saturated carbocycles. The van der Waals surface area contributed by atoms with E-state index in [-0.39, 0.29) is 17.4 Å². The lowest BCUT2D eigenvalue weighted by Gasteiger charge is -2.36. The van der Waals surface area contributed by atoms with Crippen molar-refractivity contribution in [3.63, 3.8) is 0 Å². The predicted molar refractivity (Wildman–Crippen MR) is 151 cm³/mol. The molecule has 0 N–H and O–H groups in total. The summed E-state index contributed by atoms with van der Waals surface area (Å²) in [7, 11) is 13.6. The molecule has 0 aromatic rings. The van der Waals surface area contributed by atoms with Gasteiger partial charge in [0.1, 0.15) is 13.2 Å². The second-order valence-corrected chi connectivity index (χ2v) is 17.0. The van der Waals surface area contributed by atoms with E-state index in [0.29, 0.717) is 43.9 Å². The third-order valence-electron chi connectivity index (χ3n) is 6.25. The third-order valence-corrected chi connectivity index (χ3v) is 14.2. The molecule has 190 valence electrons. The van der Waals surface area contributed by atoms with Crippen LogP contribution in [-0.2, 0) is 19.1 Å². The summed E-state index contributed by atoms with van der Waals surface area (Å²) < 4.78 is 11.7. The topological polar surface area (TPSA) is 55.8 Å². The van der Waals surface area contributed by atoms with Gasteiger partial charge in [-0.25, -0.2) is 0 Å². The van der Waals surface area contributed by atoms with Crippen molar-refractivity contribution in [2.24, 2.45) is 17.3 Å². The summed E-state index contributed by atoms with van der Waals surface area (Å²) in [5.41, 5.74) is -0.282. The normalized spacial score (nSPS) is 20.7. The summed E-state index contributed by atoms with van der Waals surface area (Å²) in [5, 5.41) is 0. The second kappa shape index (κ2) is 15.3. The van der Waals surface area contributed by atoms with E-state index >= 15 is 0 Å². The molecular formula is C22H37NO4S6. The first-order valence-electron chi connectivity index (χ1n) is 11.7. The molecule has 0 amide bonds. The first-order valence-corrected chi connectivity index (χ1v) is 19.2. The van der Waals surface area contributed by atoms with Crippen molar-refractivity contribution in [1.82, 2.24) is 4.90 Å². The van der Waals surface area contributed by atoms with Crippen molar-refractivity contribution in [1.29, 1.82) is 0 Å². The van der Waals surface area contributed by atoms with E-state index in [1.807, 2.05) is 71.7 Å². The second-order valence-electron chi connectivity index (χ2n) is 9.30. The van der Waals surface area contributed by atoms with Crippen molar-refractivity contribution in [2.45, 2.75) is 45.1 Å². The van der Waals surface area contributed by atoms with Gasteiger partial charge in [0.25, 0.3) is 0 Å². The predicted octanol–water partition coefficient (Wildman–Crippen LogP) is 5.75. The molecule has 5 nitrogen and oxygen atoms in total. The number of esters is 2. The van der Waals surface area contributed by atoms with Gasteiger partial charge in [0.15, 0.2) is 0 Å². The van der Waals surface area contributed by atoms with E-state index in [1.165, 1.54) is 0 Å². The van der Waals surface area contributed by atoms with Gasteiger partial charge in [-0.15, -0.1) is 0 Å². The Morgan fingerprint density at radius 2 is 1.24 bits per heavy atom. The molecule has 33 heavy (non-hydrogen) atoms. The Balaban J connectivity index is 1.60. The number of carbonyl (C=O) groups is 2. The van der Waals surface area contributed by atoms with E-state index in [1.54, 1.807) is 0 Å². The zero-order valence-electron chi connectivity index (χ0n) is 19.7. The SMILES string of the molecule is CCCC(=O)OCC(COC(=O)CCN(C)C1CSSC1)(CC1CSSC1)CC1CSSC1. The molecule has 0 spiro atoms. The molecule has 3 saturated heterocycles. The van der Waals surface area contributed by atoms with Crippen LogP contribution < -0.4 is 0 Å². The molecule has 3 aliphatic rings. The van der Waals surface area contributed by atoms with Crippen LogP contribution in [0.2, 0.25) is 0 Å². The Morgan fingerprint density at radius 3 is 1.73 bits per heavy atom. The lowest BCUT2D eigenvalue weighted by atomic mass is 9.75. The van der Waals surface area contributed by atoms with E-state index < -0.39 is 0 Å². The Kier molecular flexibility index (Phi) is 13.2. The molecule has 0 bridgehead atoms. The number of nitrogens with zero attached hydrogens (tertiary/aromatic N) is 1. The maximum absolute atomic E-state index is 12.7. The fraction of sp³-hybridized carbons (Fsp3) is 0.909. The number of rotatable bonds is 14. The fourth-order valence-corrected chi connectivity index (χ4v) is 13.1. The molecule has 0 atom stereocenters. The molecule has 3 fully saturated rings. The van der Waals surface area contributed by atoms with Crippen LogP contribution in [0.3, 0.4) is 0 Å². The number of carbonyl (C=O) groups excluding carboxylic acids is 2. The largest absolute Gasteiger partial charge is 0.465 e. The minimum atomic E-state index is -0.282. The first-order chi connectivity index (χ1) is 16.0. The highest BCUT2D eigenvalue weighted by atomic mass is 33.1. The van der Waals surface area contributed by atoms with E-state index in [9.17, 15) is 9.59 Å².